The van der Waals surface area contributed by atoms with Gasteiger partial charge in [-0.25, -0.2) is 15.0 Å². The molecule has 0 amide bonds. The quantitative estimate of drug-likeness (QED) is 0.379. The summed E-state index contributed by atoms with van der Waals surface area (Å²) in [6.45, 7) is 0. The zero-order valence-electron chi connectivity index (χ0n) is 18.2. The lowest BCUT2D eigenvalue weighted by Crippen LogP contribution is -2.18. The van der Waals surface area contributed by atoms with E-state index in [-0.39, 0.29) is 5.56 Å². The fourth-order valence-corrected chi connectivity index (χ4v) is 3.95. The molecule has 8 heteroatoms. The van der Waals surface area contributed by atoms with Crippen LogP contribution in [0.5, 0.6) is 5.75 Å². The molecule has 34 heavy (non-hydrogen) atoms. The Morgan fingerprint density at radius 2 is 1.65 bits per heavy atom. The van der Waals surface area contributed by atoms with Crippen LogP contribution in [0.15, 0.2) is 95.1 Å². The maximum absolute atomic E-state index is 13.6. The molecular formula is C26H18N6O2. The van der Waals surface area contributed by atoms with E-state index in [4.69, 9.17) is 14.7 Å². The Kier molecular flexibility index (Phi) is 4.62. The lowest BCUT2D eigenvalue weighted by atomic mass is 10.2. The third kappa shape index (κ3) is 3.20. The van der Waals surface area contributed by atoms with Gasteiger partial charge in [-0.05, 0) is 42.0 Å². The van der Waals surface area contributed by atoms with E-state index in [2.05, 4.69) is 10.1 Å². The molecule has 0 spiro atoms. The molecule has 0 bridgehead atoms. The van der Waals surface area contributed by atoms with Crippen LogP contribution in [0.1, 0.15) is 5.56 Å². The molecule has 6 aromatic rings. The Bertz CT molecular complexity index is 1770. The molecule has 0 atom stereocenters. The number of fused-ring (bicyclic) bond motifs is 4. The minimum absolute atomic E-state index is 0.235. The van der Waals surface area contributed by atoms with Crippen molar-refractivity contribution in [3.05, 3.63) is 101 Å². The van der Waals surface area contributed by atoms with Crippen molar-refractivity contribution in [2.45, 2.75) is 0 Å². The first-order valence-corrected chi connectivity index (χ1v) is 10.7. The van der Waals surface area contributed by atoms with Gasteiger partial charge in [-0.15, -0.1) is 0 Å². The first-order chi connectivity index (χ1) is 16.7. The minimum atomic E-state index is -0.235. The molecule has 0 saturated carbocycles. The summed E-state index contributed by atoms with van der Waals surface area (Å²) in [6.07, 6.45) is 3.19. The van der Waals surface area contributed by atoms with E-state index in [0.717, 1.165) is 17.0 Å². The monoisotopic (exact) mass is 446 g/mol. The van der Waals surface area contributed by atoms with Gasteiger partial charge in [-0.1, -0.05) is 42.5 Å². The number of benzene rings is 3. The minimum Gasteiger partial charge on any atom is -0.497 e. The van der Waals surface area contributed by atoms with Crippen molar-refractivity contribution in [1.82, 2.24) is 24.2 Å². The standard InChI is InChI=1S/C26H18N6O2/c1-34-19-11-7-8-17(14-19)15-28-32-24-22(23-25(32)30-21-13-6-5-12-20(21)29-23)26(33)31(16-27-24)18-9-3-2-4-10-18/h2-16H,1H3/b28-15-. The van der Waals surface area contributed by atoms with Gasteiger partial charge in [0.15, 0.2) is 11.3 Å². The third-order valence-electron chi connectivity index (χ3n) is 5.59. The number of hydrogen-bond donors (Lipinski definition) is 0. The summed E-state index contributed by atoms with van der Waals surface area (Å²) in [5, 5.41) is 5.00. The lowest BCUT2D eigenvalue weighted by molar-refractivity contribution is 0.415. The van der Waals surface area contributed by atoms with Crippen molar-refractivity contribution in [1.29, 1.82) is 0 Å². The predicted molar refractivity (Wildman–Crippen MR) is 132 cm³/mol. The maximum Gasteiger partial charge on any atom is 0.269 e. The van der Waals surface area contributed by atoms with Crippen LogP contribution < -0.4 is 10.3 Å². The van der Waals surface area contributed by atoms with E-state index in [0.29, 0.717) is 33.2 Å². The second-order valence-corrected chi connectivity index (χ2v) is 7.67. The van der Waals surface area contributed by atoms with Gasteiger partial charge < -0.3 is 4.74 Å². The Hall–Kier alpha value is -4.85. The van der Waals surface area contributed by atoms with Crippen molar-refractivity contribution < 1.29 is 4.74 Å². The summed E-state index contributed by atoms with van der Waals surface area (Å²) in [5.74, 6) is 0.723. The van der Waals surface area contributed by atoms with Crippen LogP contribution in [0.4, 0.5) is 0 Å². The fraction of sp³-hybridized carbons (Fsp3) is 0.0385. The largest absolute Gasteiger partial charge is 0.497 e. The normalized spacial score (nSPS) is 11.7. The zero-order valence-corrected chi connectivity index (χ0v) is 18.2. The molecule has 0 radical (unpaired) electrons. The number of nitrogens with zero attached hydrogens (tertiary/aromatic N) is 6. The highest BCUT2D eigenvalue weighted by atomic mass is 16.5. The van der Waals surface area contributed by atoms with Crippen LogP contribution in [0.2, 0.25) is 0 Å². The maximum atomic E-state index is 13.6. The van der Waals surface area contributed by atoms with Crippen LogP contribution >= 0.6 is 0 Å². The highest BCUT2D eigenvalue weighted by Crippen LogP contribution is 2.25. The second kappa shape index (κ2) is 7.93. The van der Waals surface area contributed by atoms with Gasteiger partial charge in [0.25, 0.3) is 5.56 Å². The predicted octanol–water partition coefficient (Wildman–Crippen LogP) is 4.17. The van der Waals surface area contributed by atoms with E-state index in [1.54, 1.807) is 18.0 Å². The lowest BCUT2D eigenvalue weighted by Gasteiger charge is -2.05. The van der Waals surface area contributed by atoms with Crippen molar-refractivity contribution in [3.8, 4) is 11.4 Å². The van der Waals surface area contributed by atoms with Gasteiger partial charge in [-0.3, -0.25) is 9.36 Å². The Balaban J connectivity index is 1.65. The second-order valence-electron chi connectivity index (χ2n) is 7.67. The number of methoxy groups -OCH3 is 1. The van der Waals surface area contributed by atoms with Gasteiger partial charge in [0.2, 0.25) is 0 Å². The molecule has 0 aliphatic rings. The summed E-state index contributed by atoms with van der Waals surface area (Å²) >= 11 is 0. The molecule has 0 aliphatic carbocycles. The molecular weight excluding hydrogens is 428 g/mol. The molecule has 3 aromatic heterocycles. The van der Waals surface area contributed by atoms with Crippen molar-refractivity contribution >= 4 is 39.4 Å². The van der Waals surface area contributed by atoms with E-state index in [1.807, 2.05) is 78.9 Å². The number of ether oxygens (including phenoxy) is 1. The first kappa shape index (κ1) is 19.8. The van der Waals surface area contributed by atoms with E-state index < -0.39 is 0 Å². The van der Waals surface area contributed by atoms with Crippen LogP contribution in [-0.2, 0) is 0 Å². The van der Waals surface area contributed by atoms with Crippen LogP contribution in [-0.4, -0.2) is 37.5 Å². The van der Waals surface area contributed by atoms with Crippen LogP contribution in [0.3, 0.4) is 0 Å². The molecule has 8 nitrogen and oxygen atoms in total. The van der Waals surface area contributed by atoms with Gasteiger partial charge in [-0.2, -0.15) is 9.78 Å². The molecule has 3 heterocycles. The summed E-state index contributed by atoms with van der Waals surface area (Å²) in [6, 6.07) is 24.4. The number of rotatable bonds is 4. The number of aromatic nitrogens is 5. The van der Waals surface area contributed by atoms with Gasteiger partial charge in [0.1, 0.15) is 23.0 Å². The number of para-hydroxylation sites is 3. The first-order valence-electron chi connectivity index (χ1n) is 10.7. The van der Waals surface area contributed by atoms with Crippen molar-refractivity contribution in [2.75, 3.05) is 7.11 Å². The average molecular weight is 446 g/mol. The van der Waals surface area contributed by atoms with Crippen LogP contribution in [0.25, 0.3) is 38.9 Å². The van der Waals surface area contributed by atoms with Gasteiger partial charge >= 0.3 is 0 Å². The Labute approximate surface area is 193 Å². The average Bonchev–Trinajstić information content (AvgIpc) is 3.20. The molecule has 164 valence electrons. The van der Waals surface area contributed by atoms with Gasteiger partial charge in [0, 0.05) is 0 Å². The van der Waals surface area contributed by atoms with E-state index in [9.17, 15) is 4.79 Å². The summed E-state index contributed by atoms with van der Waals surface area (Å²) in [5.41, 5.74) is 4.03. The van der Waals surface area contributed by atoms with E-state index in [1.165, 1.54) is 10.9 Å². The fourth-order valence-electron chi connectivity index (χ4n) is 3.95. The van der Waals surface area contributed by atoms with E-state index >= 15 is 0 Å². The SMILES string of the molecule is COc1cccc(/C=N\n2c3nc4ccccc4nc3c3c(=O)n(-c4ccccc4)cnc32)c1. The summed E-state index contributed by atoms with van der Waals surface area (Å²) in [4.78, 5) is 27.8. The molecule has 6 rings (SSSR count). The highest BCUT2D eigenvalue weighted by Gasteiger charge is 2.20. The molecule has 3 aromatic carbocycles. The number of hydrogen-bond acceptors (Lipinski definition) is 6. The van der Waals surface area contributed by atoms with Crippen molar-refractivity contribution in [2.24, 2.45) is 5.10 Å². The highest BCUT2D eigenvalue weighted by molar-refractivity contribution is 6.05. The zero-order chi connectivity index (χ0) is 23.1. The third-order valence-corrected chi connectivity index (χ3v) is 5.59. The Morgan fingerprint density at radius 3 is 2.44 bits per heavy atom. The Morgan fingerprint density at radius 1 is 0.882 bits per heavy atom. The smallest absolute Gasteiger partial charge is 0.269 e. The molecule has 0 N–H and O–H groups in total. The molecule has 0 fully saturated rings. The van der Waals surface area contributed by atoms with Crippen LogP contribution in [0, 0.1) is 0 Å². The molecule has 0 aliphatic heterocycles. The molecule has 0 unspecified atom stereocenters. The topological polar surface area (TPSA) is 87.2 Å². The molecule has 0 saturated heterocycles. The summed E-state index contributed by atoms with van der Waals surface area (Å²) in [7, 11) is 1.62. The summed E-state index contributed by atoms with van der Waals surface area (Å²) < 4.78 is 8.38. The van der Waals surface area contributed by atoms with Crippen molar-refractivity contribution in [3.63, 3.8) is 0 Å². The van der Waals surface area contributed by atoms with Gasteiger partial charge in [0.05, 0.1) is 30.0 Å².